The Kier molecular flexibility index (Phi) is 10.2. The zero-order valence-corrected chi connectivity index (χ0v) is 25.0. The number of benzene rings is 2. The predicted molar refractivity (Wildman–Crippen MR) is 156 cm³/mol. The molecule has 1 saturated heterocycles. The molecule has 2 aliphatic heterocycles. The normalized spacial score (nSPS) is 20.8. The molecule has 9 nitrogen and oxygen atoms in total. The first-order valence-electron chi connectivity index (χ1n) is 13.7. The molecule has 0 radical (unpaired) electrons. The van der Waals surface area contributed by atoms with Crippen LogP contribution in [0.4, 0.5) is 0 Å². The van der Waals surface area contributed by atoms with Crippen LogP contribution in [0.3, 0.4) is 0 Å². The van der Waals surface area contributed by atoms with Crippen molar-refractivity contribution >= 4 is 41.0 Å². The summed E-state index contributed by atoms with van der Waals surface area (Å²) >= 11 is 12.9. The van der Waals surface area contributed by atoms with Gasteiger partial charge in [-0.25, -0.2) is 4.99 Å². The average Bonchev–Trinajstić information content (AvgIpc) is 3.32. The summed E-state index contributed by atoms with van der Waals surface area (Å²) in [7, 11) is 0. The SMILES string of the molecule is CC(C)(C)OC(=O)CC[C@@]1(C(=O)N2CCOCC2)N=C(c2ccc(OCCCO)cc2)O[C@@H]1c1ccc(Cl)cc1Cl. The lowest BCUT2D eigenvalue weighted by Crippen LogP contribution is -2.53. The fraction of sp³-hybridized carbons (Fsp3) is 0.500. The number of aliphatic hydroxyl groups excluding tert-OH is 1. The van der Waals surface area contributed by atoms with Crippen LogP contribution in [0, 0.1) is 0 Å². The summed E-state index contributed by atoms with van der Waals surface area (Å²) in [4.78, 5) is 33.9. The summed E-state index contributed by atoms with van der Waals surface area (Å²) in [5.74, 6) is 0.146. The Morgan fingerprint density at radius 1 is 1.12 bits per heavy atom. The van der Waals surface area contributed by atoms with Gasteiger partial charge in [-0.15, -0.1) is 0 Å². The molecule has 41 heavy (non-hydrogen) atoms. The molecule has 1 fully saturated rings. The Morgan fingerprint density at radius 3 is 2.46 bits per heavy atom. The predicted octanol–water partition coefficient (Wildman–Crippen LogP) is 4.99. The Hall–Kier alpha value is -2.85. The number of esters is 1. The first-order valence-corrected chi connectivity index (χ1v) is 14.4. The Bertz CT molecular complexity index is 1260. The molecule has 2 aliphatic rings. The van der Waals surface area contributed by atoms with E-state index >= 15 is 0 Å². The van der Waals surface area contributed by atoms with E-state index < -0.39 is 23.2 Å². The van der Waals surface area contributed by atoms with Gasteiger partial charge in [-0.3, -0.25) is 9.59 Å². The van der Waals surface area contributed by atoms with E-state index in [-0.39, 0.29) is 31.3 Å². The molecule has 0 saturated carbocycles. The minimum atomic E-state index is -1.50. The van der Waals surface area contributed by atoms with Crippen molar-refractivity contribution in [3.05, 3.63) is 63.6 Å². The molecule has 4 rings (SSSR count). The smallest absolute Gasteiger partial charge is 0.306 e. The maximum absolute atomic E-state index is 14.4. The monoisotopic (exact) mass is 606 g/mol. The van der Waals surface area contributed by atoms with Crippen molar-refractivity contribution in [2.45, 2.75) is 57.3 Å². The highest BCUT2D eigenvalue weighted by molar-refractivity contribution is 6.35. The number of amides is 1. The Balaban J connectivity index is 1.76. The van der Waals surface area contributed by atoms with Gasteiger partial charge in [0.25, 0.3) is 5.91 Å². The lowest BCUT2D eigenvalue weighted by Gasteiger charge is -2.37. The largest absolute Gasteiger partial charge is 0.494 e. The van der Waals surface area contributed by atoms with E-state index in [1.807, 2.05) is 0 Å². The van der Waals surface area contributed by atoms with Gasteiger partial charge in [0.15, 0.2) is 11.6 Å². The van der Waals surface area contributed by atoms with Crippen molar-refractivity contribution < 1.29 is 33.6 Å². The highest BCUT2D eigenvalue weighted by Crippen LogP contribution is 2.46. The van der Waals surface area contributed by atoms with E-state index in [0.717, 1.165) is 0 Å². The van der Waals surface area contributed by atoms with Gasteiger partial charge in [-0.05, 0) is 63.6 Å². The van der Waals surface area contributed by atoms with Crippen molar-refractivity contribution in [2.75, 3.05) is 39.5 Å². The van der Waals surface area contributed by atoms with Crippen molar-refractivity contribution in [1.82, 2.24) is 4.90 Å². The van der Waals surface area contributed by atoms with Crippen molar-refractivity contribution in [2.24, 2.45) is 4.99 Å². The van der Waals surface area contributed by atoms with Gasteiger partial charge < -0.3 is 29.0 Å². The lowest BCUT2D eigenvalue weighted by molar-refractivity contribution is -0.156. The van der Waals surface area contributed by atoms with E-state index in [2.05, 4.69) is 0 Å². The van der Waals surface area contributed by atoms with Crippen molar-refractivity contribution in [3.8, 4) is 5.75 Å². The fourth-order valence-electron chi connectivity index (χ4n) is 4.77. The zero-order valence-electron chi connectivity index (χ0n) is 23.5. The van der Waals surface area contributed by atoms with Crippen LogP contribution < -0.4 is 4.74 Å². The van der Waals surface area contributed by atoms with Gasteiger partial charge in [0.05, 0.1) is 19.8 Å². The number of hydrogen-bond acceptors (Lipinski definition) is 8. The molecule has 0 aliphatic carbocycles. The van der Waals surface area contributed by atoms with Crippen LogP contribution in [-0.2, 0) is 23.8 Å². The van der Waals surface area contributed by atoms with Crippen molar-refractivity contribution in [1.29, 1.82) is 0 Å². The summed E-state index contributed by atoms with van der Waals surface area (Å²) in [6.45, 7) is 7.38. The molecule has 1 N–H and O–H groups in total. The molecule has 11 heteroatoms. The highest BCUT2D eigenvalue weighted by Gasteiger charge is 2.55. The van der Waals surface area contributed by atoms with E-state index in [4.69, 9.17) is 52.2 Å². The van der Waals surface area contributed by atoms with E-state index in [1.165, 1.54) is 0 Å². The average molecular weight is 608 g/mol. The number of nitrogens with zero attached hydrogens (tertiary/aromatic N) is 2. The summed E-state index contributed by atoms with van der Waals surface area (Å²) in [6.07, 6.45) is -0.439. The van der Waals surface area contributed by atoms with Crippen LogP contribution in [0.5, 0.6) is 5.75 Å². The number of morpholine rings is 1. The highest BCUT2D eigenvalue weighted by atomic mass is 35.5. The summed E-state index contributed by atoms with van der Waals surface area (Å²) in [6, 6.07) is 12.1. The summed E-state index contributed by atoms with van der Waals surface area (Å²) < 4.78 is 23.2. The third-order valence-corrected chi connectivity index (χ3v) is 7.24. The third-order valence-electron chi connectivity index (χ3n) is 6.68. The topological polar surface area (TPSA) is 107 Å². The molecule has 222 valence electrons. The van der Waals surface area contributed by atoms with Gasteiger partial charge in [-0.1, -0.05) is 29.3 Å². The van der Waals surface area contributed by atoms with Crippen LogP contribution in [0.1, 0.15) is 57.3 Å². The van der Waals surface area contributed by atoms with Gasteiger partial charge in [-0.2, -0.15) is 0 Å². The quantitative estimate of drug-likeness (QED) is 0.300. The number of ether oxygens (including phenoxy) is 4. The summed E-state index contributed by atoms with van der Waals surface area (Å²) in [5.41, 5.74) is -1.02. The lowest BCUT2D eigenvalue weighted by atomic mass is 9.82. The van der Waals surface area contributed by atoms with E-state index in [9.17, 15) is 9.59 Å². The number of carbonyl (C=O) groups is 2. The number of aliphatic imine (C=N–C) groups is 1. The Morgan fingerprint density at radius 2 is 1.83 bits per heavy atom. The van der Waals surface area contributed by atoms with Crippen molar-refractivity contribution in [3.63, 3.8) is 0 Å². The molecule has 0 bridgehead atoms. The zero-order chi connectivity index (χ0) is 29.6. The number of rotatable bonds is 10. The number of aliphatic hydroxyl groups is 1. The third kappa shape index (κ3) is 7.71. The van der Waals surface area contributed by atoms with Crippen LogP contribution in [0.2, 0.25) is 10.0 Å². The molecule has 2 aromatic carbocycles. The molecule has 1 amide bonds. The molecule has 2 heterocycles. The first kappa shape index (κ1) is 31.1. The second-order valence-electron chi connectivity index (χ2n) is 10.9. The number of halogens is 2. The maximum atomic E-state index is 14.4. The molecule has 2 aromatic rings. The summed E-state index contributed by atoms with van der Waals surface area (Å²) in [5, 5.41) is 9.77. The van der Waals surface area contributed by atoms with Crippen LogP contribution in [0.15, 0.2) is 47.5 Å². The van der Waals surface area contributed by atoms with Gasteiger partial charge in [0.2, 0.25) is 5.90 Å². The number of carbonyl (C=O) groups excluding carboxylic acids is 2. The van der Waals surface area contributed by atoms with Crippen LogP contribution in [0.25, 0.3) is 0 Å². The molecule has 0 spiro atoms. The molecular formula is C30H36Cl2N2O7. The molecule has 0 unspecified atom stereocenters. The van der Waals surface area contributed by atoms with Crippen LogP contribution >= 0.6 is 23.2 Å². The van der Waals surface area contributed by atoms with E-state index in [0.29, 0.717) is 66.3 Å². The molecule has 2 atom stereocenters. The van der Waals surface area contributed by atoms with Gasteiger partial charge in [0, 0.05) is 53.7 Å². The second kappa shape index (κ2) is 13.4. The standard InChI is InChI=1S/C30H36Cl2N2O7/c1-29(2,3)41-25(36)11-12-30(28(37)34-13-17-38-18-14-34)26(23-10-7-21(31)19-24(23)32)40-27(33-30)20-5-8-22(9-6-20)39-16-4-15-35/h5-10,19,26,35H,4,11-18H2,1-3H3/t26-,30-/m1/s1. The molecule has 0 aromatic heterocycles. The maximum Gasteiger partial charge on any atom is 0.306 e. The number of hydrogen-bond donors (Lipinski definition) is 1. The Labute approximate surface area is 250 Å². The first-order chi connectivity index (χ1) is 19.5. The minimum Gasteiger partial charge on any atom is -0.494 e. The van der Waals surface area contributed by atoms with Crippen LogP contribution in [-0.4, -0.2) is 78.4 Å². The van der Waals surface area contributed by atoms with Gasteiger partial charge >= 0.3 is 5.97 Å². The van der Waals surface area contributed by atoms with E-state index in [1.54, 1.807) is 68.1 Å². The molecular weight excluding hydrogens is 571 g/mol. The second-order valence-corrected chi connectivity index (χ2v) is 11.8. The minimum absolute atomic E-state index is 0.0353. The van der Waals surface area contributed by atoms with Gasteiger partial charge in [0.1, 0.15) is 11.4 Å². The fourth-order valence-corrected chi connectivity index (χ4v) is 5.28.